The number of carboxylic acids is 1. The summed E-state index contributed by atoms with van der Waals surface area (Å²) in [4.78, 5) is 10.2. The molecule has 1 N–H and O–H groups in total. The average molecular weight is 172 g/mol. The Kier molecular flexibility index (Phi) is 3.53. The Labute approximate surface area is 72.7 Å². The van der Waals surface area contributed by atoms with Crippen LogP contribution in [0.15, 0.2) is 0 Å². The summed E-state index contributed by atoms with van der Waals surface area (Å²) >= 11 is 0. The van der Waals surface area contributed by atoms with Crippen LogP contribution in [0.4, 0.5) is 0 Å². The standard InChI is InChI=1S/C9H16O3/c1-2-3-4-5-7-8(12-7)6-9(10)11/h7-8H,2-6H2,1H3,(H,10,11). The lowest BCUT2D eigenvalue weighted by Crippen LogP contribution is -2.02. The quantitative estimate of drug-likeness (QED) is 0.491. The van der Waals surface area contributed by atoms with E-state index >= 15 is 0 Å². The van der Waals surface area contributed by atoms with Crippen molar-refractivity contribution >= 4 is 5.97 Å². The number of hydrogen-bond donors (Lipinski definition) is 1. The van der Waals surface area contributed by atoms with Gasteiger partial charge in [0.25, 0.3) is 0 Å². The maximum absolute atomic E-state index is 10.2. The SMILES string of the molecule is CCCCCC1OC1CC(=O)O. The first kappa shape index (κ1) is 9.52. The monoisotopic (exact) mass is 172 g/mol. The fourth-order valence-corrected chi connectivity index (χ4v) is 1.38. The average Bonchev–Trinajstić information content (AvgIpc) is 2.67. The van der Waals surface area contributed by atoms with Crippen molar-refractivity contribution in [2.24, 2.45) is 0 Å². The smallest absolute Gasteiger partial charge is 0.306 e. The predicted molar refractivity (Wildman–Crippen MR) is 45.1 cm³/mol. The summed E-state index contributed by atoms with van der Waals surface area (Å²) in [6.45, 7) is 2.16. The van der Waals surface area contributed by atoms with E-state index in [2.05, 4.69) is 6.92 Å². The number of carbonyl (C=O) groups is 1. The number of unbranched alkanes of at least 4 members (excludes halogenated alkanes) is 2. The summed E-state index contributed by atoms with van der Waals surface area (Å²) in [7, 11) is 0. The molecule has 12 heavy (non-hydrogen) atoms. The third kappa shape index (κ3) is 3.22. The fourth-order valence-electron chi connectivity index (χ4n) is 1.38. The molecule has 0 aromatic rings. The molecule has 1 aliphatic rings. The number of carboxylic acid groups (broad SMARTS) is 1. The predicted octanol–water partition coefficient (Wildman–Crippen LogP) is 1.81. The van der Waals surface area contributed by atoms with Gasteiger partial charge >= 0.3 is 5.97 Å². The second kappa shape index (κ2) is 4.45. The maximum atomic E-state index is 10.2. The van der Waals surface area contributed by atoms with Crippen molar-refractivity contribution in [3.05, 3.63) is 0 Å². The van der Waals surface area contributed by atoms with Gasteiger partial charge in [-0.25, -0.2) is 0 Å². The molecular formula is C9H16O3. The minimum atomic E-state index is -0.752. The van der Waals surface area contributed by atoms with Crippen LogP contribution in [0.5, 0.6) is 0 Å². The van der Waals surface area contributed by atoms with Gasteiger partial charge in [0.15, 0.2) is 0 Å². The summed E-state index contributed by atoms with van der Waals surface area (Å²) in [6.07, 6.45) is 5.06. The van der Waals surface area contributed by atoms with Gasteiger partial charge in [0.2, 0.25) is 0 Å². The van der Waals surface area contributed by atoms with E-state index in [0.29, 0.717) is 0 Å². The first-order chi connectivity index (χ1) is 5.74. The highest BCUT2D eigenvalue weighted by Crippen LogP contribution is 2.29. The minimum Gasteiger partial charge on any atom is -0.481 e. The van der Waals surface area contributed by atoms with E-state index in [-0.39, 0.29) is 18.6 Å². The lowest BCUT2D eigenvalue weighted by atomic mass is 10.1. The second-order valence-corrected chi connectivity index (χ2v) is 3.31. The first-order valence-electron chi connectivity index (χ1n) is 4.61. The lowest BCUT2D eigenvalue weighted by Gasteiger charge is -1.92. The van der Waals surface area contributed by atoms with Crippen LogP contribution in [0.25, 0.3) is 0 Å². The highest BCUT2D eigenvalue weighted by Gasteiger charge is 2.39. The zero-order chi connectivity index (χ0) is 8.97. The molecule has 1 heterocycles. The van der Waals surface area contributed by atoms with Crippen molar-refractivity contribution in [1.29, 1.82) is 0 Å². The summed E-state index contributed by atoms with van der Waals surface area (Å²) < 4.78 is 5.19. The van der Waals surface area contributed by atoms with Gasteiger partial charge in [0.05, 0.1) is 18.6 Å². The Morgan fingerprint density at radius 3 is 2.75 bits per heavy atom. The van der Waals surface area contributed by atoms with Gasteiger partial charge in [-0.05, 0) is 6.42 Å². The number of aliphatic carboxylic acids is 1. The molecule has 0 saturated carbocycles. The molecule has 3 nitrogen and oxygen atoms in total. The van der Waals surface area contributed by atoms with Crippen LogP contribution in [0.3, 0.4) is 0 Å². The van der Waals surface area contributed by atoms with Gasteiger partial charge in [-0.15, -0.1) is 0 Å². The van der Waals surface area contributed by atoms with E-state index in [1.54, 1.807) is 0 Å². The molecule has 0 aliphatic carbocycles. The number of hydrogen-bond acceptors (Lipinski definition) is 2. The molecule has 0 radical (unpaired) electrons. The number of epoxide rings is 1. The van der Waals surface area contributed by atoms with Crippen molar-refractivity contribution in [3.63, 3.8) is 0 Å². The molecule has 0 aromatic heterocycles. The van der Waals surface area contributed by atoms with Gasteiger partial charge < -0.3 is 9.84 Å². The highest BCUT2D eigenvalue weighted by atomic mass is 16.6. The fraction of sp³-hybridized carbons (Fsp3) is 0.889. The van der Waals surface area contributed by atoms with Crippen molar-refractivity contribution in [1.82, 2.24) is 0 Å². The van der Waals surface area contributed by atoms with Crippen molar-refractivity contribution < 1.29 is 14.6 Å². The Morgan fingerprint density at radius 2 is 2.17 bits per heavy atom. The zero-order valence-electron chi connectivity index (χ0n) is 7.45. The van der Waals surface area contributed by atoms with E-state index in [4.69, 9.17) is 9.84 Å². The Bertz CT molecular complexity index is 156. The molecule has 3 heteroatoms. The van der Waals surface area contributed by atoms with Crippen LogP contribution in [-0.2, 0) is 9.53 Å². The van der Waals surface area contributed by atoms with Crippen LogP contribution in [0, 0.1) is 0 Å². The summed E-state index contributed by atoms with van der Waals surface area (Å²) in [6, 6.07) is 0. The van der Waals surface area contributed by atoms with E-state index in [0.717, 1.165) is 12.8 Å². The molecule has 0 bridgehead atoms. The summed E-state index contributed by atoms with van der Waals surface area (Å²) in [5.41, 5.74) is 0. The minimum absolute atomic E-state index is 0.0133. The first-order valence-corrected chi connectivity index (χ1v) is 4.61. The third-order valence-corrected chi connectivity index (χ3v) is 2.16. The highest BCUT2D eigenvalue weighted by molar-refractivity contribution is 5.67. The number of ether oxygens (including phenoxy) is 1. The molecule has 0 aromatic carbocycles. The van der Waals surface area contributed by atoms with Crippen LogP contribution in [-0.4, -0.2) is 23.3 Å². The Hall–Kier alpha value is -0.570. The van der Waals surface area contributed by atoms with Crippen molar-refractivity contribution in [3.8, 4) is 0 Å². The maximum Gasteiger partial charge on any atom is 0.306 e. The normalized spacial score (nSPS) is 27.1. The molecular weight excluding hydrogens is 156 g/mol. The van der Waals surface area contributed by atoms with Gasteiger partial charge in [-0.1, -0.05) is 26.2 Å². The van der Waals surface area contributed by atoms with Gasteiger partial charge in [0.1, 0.15) is 0 Å². The van der Waals surface area contributed by atoms with E-state index in [1.165, 1.54) is 12.8 Å². The molecule has 70 valence electrons. The van der Waals surface area contributed by atoms with Crippen LogP contribution < -0.4 is 0 Å². The van der Waals surface area contributed by atoms with E-state index < -0.39 is 5.97 Å². The Morgan fingerprint density at radius 1 is 1.42 bits per heavy atom. The molecule has 0 amide bonds. The van der Waals surface area contributed by atoms with Crippen molar-refractivity contribution in [2.45, 2.75) is 51.2 Å². The second-order valence-electron chi connectivity index (χ2n) is 3.31. The molecule has 2 atom stereocenters. The molecule has 0 spiro atoms. The lowest BCUT2D eigenvalue weighted by molar-refractivity contribution is -0.137. The largest absolute Gasteiger partial charge is 0.481 e. The molecule has 1 fully saturated rings. The van der Waals surface area contributed by atoms with Crippen LogP contribution in [0.1, 0.15) is 39.0 Å². The van der Waals surface area contributed by atoms with E-state index in [9.17, 15) is 4.79 Å². The van der Waals surface area contributed by atoms with Crippen LogP contribution in [0.2, 0.25) is 0 Å². The number of rotatable bonds is 6. The summed E-state index contributed by atoms with van der Waals surface area (Å²) in [5.74, 6) is -0.752. The van der Waals surface area contributed by atoms with Gasteiger partial charge in [-0.3, -0.25) is 4.79 Å². The molecule has 1 saturated heterocycles. The zero-order valence-corrected chi connectivity index (χ0v) is 7.45. The third-order valence-electron chi connectivity index (χ3n) is 2.16. The van der Waals surface area contributed by atoms with Crippen molar-refractivity contribution in [2.75, 3.05) is 0 Å². The molecule has 1 aliphatic heterocycles. The summed E-state index contributed by atoms with van der Waals surface area (Å²) in [5, 5.41) is 8.43. The molecule has 1 rings (SSSR count). The van der Waals surface area contributed by atoms with E-state index in [1.807, 2.05) is 0 Å². The van der Waals surface area contributed by atoms with Gasteiger partial charge in [-0.2, -0.15) is 0 Å². The van der Waals surface area contributed by atoms with Gasteiger partial charge in [0, 0.05) is 0 Å². The molecule has 2 unspecified atom stereocenters. The topological polar surface area (TPSA) is 49.8 Å². The van der Waals surface area contributed by atoms with Crippen LogP contribution >= 0.6 is 0 Å². The Balaban J connectivity index is 1.97.